The Morgan fingerprint density at radius 3 is 0.483 bits per heavy atom. The zero-order valence-corrected chi connectivity index (χ0v) is 31.7. The molecule has 0 rings (SSSR count). The highest BCUT2D eigenvalue weighted by atomic mass is 19.4. The zero-order valence-electron chi connectivity index (χ0n) is 31.7. The highest BCUT2D eigenvalue weighted by Crippen LogP contribution is 2.37. The Labute approximate surface area is 328 Å². The highest BCUT2D eigenvalue weighted by Gasteiger charge is 2.65. The fourth-order valence-electron chi connectivity index (χ4n) is 3.32. The van der Waals surface area contributed by atoms with E-state index < -0.39 is 49.4 Å². The van der Waals surface area contributed by atoms with Crippen LogP contribution in [0.3, 0.4) is 0 Å². The van der Waals surface area contributed by atoms with Gasteiger partial charge in [-0.15, -0.1) is 0 Å². The molecule has 0 saturated carbocycles. The van der Waals surface area contributed by atoms with Crippen molar-refractivity contribution in [3.8, 4) is 0 Å². The Morgan fingerprint density at radius 2 is 0.362 bits per heavy atom. The molecule has 58 heavy (non-hydrogen) atoms. The van der Waals surface area contributed by atoms with Gasteiger partial charge in [-0.2, -0.15) is 43.9 Å². The maximum atomic E-state index is 12.7. The molecular weight excluding hydrogens is 830 g/mol. The van der Waals surface area contributed by atoms with E-state index in [0.29, 0.717) is 92.5 Å². The first-order valence-corrected chi connectivity index (χ1v) is 17.7. The minimum absolute atomic E-state index is 0.00383. The highest BCUT2D eigenvalue weighted by molar-refractivity contribution is 5.79. The molecule has 0 fully saturated rings. The van der Waals surface area contributed by atoms with Gasteiger partial charge < -0.3 is 66.3 Å². The van der Waals surface area contributed by atoms with Crippen molar-refractivity contribution in [1.29, 1.82) is 0 Å². The number of rotatable bonds is 41. The van der Waals surface area contributed by atoms with Crippen LogP contribution in [0.2, 0.25) is 0 Å². The Morgan fingerprint density at radius 1 is 0.241 bits per heavy atom. The fraction of sp³-hybridized carbons (Fsp3) is 0.938. The minimum atomic E-state index is -6.03. The number of halogens is 10. The molecule has 0 atom stereocenters. The molecule has 0 amide bonds. The van der Waals surface area contributed by atoms with E-state index in [1.807, 2.05) is 0 Å². The van der Waals surface area contributed by atoms with Crippen LogP contribution in [0.5, 0.6) is 0 Å². The Balaban J connectivity index is 3.23. The smallest absolute Gasteiger partial charge is 0.459 e. The molecule has 0 N–H and O–H groups in total. The van der Waals surface area contributed by atoms with E-state index in [0.717, 1.165) is 0 Å². The summed E-state index contributed by atoms with van der Waals surface area (Å²) in [5, 5.41) is 0. The van der Waals surface area contributed by atoms with E-state index >= 15 is 0 Å². The minimum Gasteiger partial charge on any atom is -0.459 e. The van der Waals surface area contributed by atoms with Gasteiger partial charge in [0.2, 0.25) is 0 Å². The molecule has 0 aliphatic carbocycles. The summed E-state index contributed by atoms with van der Waals surface area (Å²) in [6, 6.07) is 0. The van der Waals surface area contributed by atoms with Gasteiger partial charge >= 0.3 is 36.1 Å². The summed E-state index contributed by atoms with van der Waals surface area (Å²) in [7, 11) is 0. The van der Waals surface area contributed by atoms with Crippen LogP contribution in [-0.4, -0.2) is 208 Å². The molecule has 0 aromatic rings. The molecule has 346 valence electrons. The summed E-state index contributed by atoms with van der Waals surface area (Å²) < 4.78 is 194. The second-order valence-corrected chi connectivity index (χ2v) is 10.8. The summed E-state index contributed by atoms with van der Waals surface area (Å²) >= 11 is 0. The number of carbonyl (C=O) groups excluding carboxylic acids is 2. The van der Waals surface area contributed by atoms with E-state index in [4.69, 9.17) is 56.8 Å². The summed E-state index contributed by atoms with van der Waals surface area (Å²) in [4.78, 5) is 21.6. The van der Waals surface area contributed by atoms with Gasteiger partial charge in [0.1, 0.15) is 13.2 Å². The van der Waals surface area contributed by atoms with E-state index in [1.165, 1.54) is 0 Å². The summed E-state index contributed by atoms with van der Waals surface area (Å²) in [6.45, 7) is 3.81. The Bertz CT molecular complexity index is 921. The molecule has 0 aromatic heterocycles. The molecular formula is C32H52F10O16. The number of ether oxygens (including phenoxy) is 14. The van der Waals surface area contributed by atoms with E-state index in [-0.39, 0.29) is 66.1 Å². The molecule has 0 saturated heterocycles. The molecule has 0 bridgehead atoms. The van der Waals surface area contributed by atoms with Crippen molar-refractivity contribution < 1.29 is 120 Å². The monoisotopic (exact) mass is 882 g/mol. The first kappa shape index (κ1) is 55.8. The van der Waals surface area contributed by atoms with Gasteiger partial charge in [-0.25, -0.2) is 9.59 Å². The lowest BCUT2D eigenvalue weighted by Crippen LogP contribution is -2.45. The lowest BCUT2D eigenvalue weighted by atomic mass is 10.3. The van der Waals surface area contributed by atoms with E-state index in [2.05, 4.69) is 9.47 Å². The average molecular weight is 883 g/mol. The second kappa shape index (κ2) is 34.5. The Hall–Kier alpha value is -2.24. The third-order valence-corrected chi connectivity index (χ3v) is 6.24. The lowest BCUT2D eigenvalue weighted by molar-refractivity contribution is -0.281. The number of carbonyl (C=O) groups is 2. The molecule has 26 heteroatoms. The molecule has 0 spiro atoms. The van der Waals surface area contributed by atoms with Crippen LogP contribution in [0, 0.1) is 0 Å². The first-order valence-electron chi connectivity index (χ1n) is 17.7. The van der Waals surface area contributed by atoms with E-state index in [1.54, 1.807) is 0 Å². The maximum absolute atomic E-state index is 12.7. The molecule has 0 unspecified atom stereocenters. The normalized spacial score (nSPS) is 12.7. The predicted octanol–water partition coefficient (Wildman–Crippen LogP) is 2.67. The van der Waals surface area contributed by atoms with Crippen LogP contribution in [0.1, 0.15) is 0 Å². The molecule has 16 nitrogen and oxygen atoms in total. The van der Waals surface area contributed by atoms with Gasteiger partial charge in [0.05, 0.1) is 159 Å². The first-order chi connectivity index (χ1) is 27.5. The van der Waals surface area contributed by atoms with Crippen molar-refractivity contribution in [3.63, 3.8) is 0 Å². The van der Waals surface area contributed by atoms with Crippen LogP contribution in [0.25, 0.3) is 0 Å². The molecule has 0 aliphatic rings. The second-order valence-electron chi connectivity index (χ2n) is 10.8. The van der Waals surface area contributed by atoms with Crippen LogP contribution in [0.4, 0.5) is 43.9 Å². The topological polar surface area (TPSA) is 163 Å². The summed E-state index contributed by atoms with van der Waals surface area (Å²) in [6.07, 6.45) is -12.1. The molecule has 0 aromatic carbocycles. The van der Waals surface area contributed by atoms with Crippen molar-refractivity contribution in [3.05, 3.63) is 0 Å². The standard InChI is InChI=1S/C32H52F10O16/c33-29(34,31(37,38)39)27(43)57-25-23-55-21-19-53-17-15-51-13-11-49-9-7-47-5-3-45-1-2-46-4-6-48-8-10-50-12-14-52-16-18-54-20-22-56-24-26-58-28(44)30(35,36)32(40,41)42/h1-26H2. The SMILES string of the molecule is O=C(OCCOCCOCCOCCOCCOCCOCCOCCOCCOCCOCCOCCOCCOC(=O)C(F)(F)C(F)(F)F)C(F)(F)C(F)(F)F. The van der Waals surface area contributed by atoms with Gasteiger partial charge in [-0.1, -0.05) is 0 Å². The Kier molecular flexibility index (Phi) is 33.1. The van der Waals surface area contributed by atoms with Crippen LogP contribution in [-0.2, 0) is 75.9 Å². The van der Waals surface area contributed by atoms with Crippen molar-refractivity contribution in [1.82, 2.24) is 0 Å². The van der Waals surface area contributed by atoms with Gasteiger partial charge in [-0.05, 0) is 0 Å². The van der Waals surface area contributed by atoms with Gasteiger partial charge in [-0.3, -0.25) is 0 Å². The summed E-state index contributed by atoms with van der Waals surface area (Å²) in [5.74, 6) is -16.5. The van der Waals surface area contributed by atoms with Crippen molar-refractivity contribution in [2.24, 2.45) is 0 Å². The number of hydrogen-bond acceptors (Lipinski definition) is 16. The predicted molar refractivity (Wildman–Crippen MR) is 174 cm³/mol. The van der Waals surface area contributed by atoms with Crippen molar-refractivity contribution in [2.75, 3.05) is 172 Å². The number of alkyl halides is 10. The van der Waals surface area contributed by atoms with Crippen molar-refractivity contribution >= 4 is 11.9 Å². The average Bonchev–Trinajstić information content (AvgIpc) is 3.15. The number of esters is 2. The third-order valence-electron chi connectivity index (χ3n) is 6.24. The molecule has 0 radical (unpaired) electrons. The quantitative estimate of drug-likeness (QED) is 0.0500. The van der Waals surface area contributed by atoms with Crippen molar-refractivity contribution in [2.45, 2.75) is 24.2 Å². The van der Waals surface area contributed by atoms with Crippen LogP contribution < -0.4 is 0 Å². The zero-order chi connectivity index (χ0) is 43.4. The maximum Gasteiger partial charge on any atom is 0.465 e. The summed E-state index contributed by atoms with van der Waals surface area (Å²) in [5.41, 5.74) is 0. The number of hydrogen-bond donors (Lipinski definition) is 0. The van der Waals surface area contributed by atoms with Gasteiger partial charge in [0.15, 0.2) is 0 Å². The molecule has 0 aliphatic heterocycles. The van der Waals surface area contributed by atoms with Crippen LogP contribution in [0.15, 0.2) is 0 Å². The fourth-order valence-corrected chi connectivity index (χ4v) is 3.32. The largest absolute Gasteiger partial charge is 0.465 e. The van der Waals surface area contributed by atoms with Gasteiger partial charge in [0, 0.05) is 0 Å². The van der Waals surface area contributed by atoms with Crippen LogP contribution >= 0.6 is 0 Å². The lowest BCUT2D eigenvalue weighted by Gasteiger charge is -2.17. The van der Waals surface area contributed by atoms with E-state index in [9.17, 15) is 53.5 Å². The molecule has 0 heterocycles. The third kappa shape index (κ3) is 29.9. The van der Waals surface area contributed by atoms with Gasteiger partial charge in [0.25, 0.3) is 0 Å².